The number of hydrogen-bond donors (Lipinski definition) is 3. The Morgan fingerprint density at radius 3 is 2.71 bits per heavy atom. The van der Waals surface area contributed by atoms with Gasteiger partial charge in [-0.05, 0) is 39.3 Å². The zero-order chi connectivity index (χ0) is 15.6. The highest BCUT2D eigenvalue weighted by atomic mass is 16.3. The molecule has 0 bridgehead atoms. The maximum atomic E-state index is 12.0. The van der Waals surface area contributed by atoms with E-state index in [1.807, 2.05) is 13.8 Å². The van der Waals surface area contributed by atoms with Crippen molar-refractivity contribution in [2.45, 2.75) is 39.7 Å². The van der Waals surface area contributed by atoms with Gasteiger partial charge in [-0.3, -0.25) is 9.89 Å². The number of carbonyl (C=O) groups is 1. The Balaban J connectivity index is 2.04. The number of H-pyrrole nitrogens is 1. The topological polar surface area (TPSA) is 91.2 Å². The minimum absolute atomic E-state index is 0.0833. The lowest BCUT2D eigenvalue weighted by Gasteiger charge is -2.23. The molecule has 0 aromatic carbocycles. The lowest BCUT2D eigenvalue weighted by molar-refractivity contribution is 0.0512. The molecule has 0 saturated heterocycles. The van der Waals surface area contributed by atoms with Gasteiger partial charge in [0.1, 0.15) is 22.8 Å². The predicted molar refractivity (Wildman–Crippen MR) is 78.1 cm³/mol. The van der Waals surface area contributed by atoms with Gasteiger partial charge in [0, 0.05) is 11.3 Å². The molecule has 21 heavy (non-hydrogen) atoms. The molecule has 0 aliphatic rings. The van der Waals surface area contributed by atoms with Crippen LogP contribution in [0.2, 0.25) is 0 Å². The molecule has 0 radical (unpaired) electrons. The van der Waals surface area contributed by atoms with Gasteiger partial charge in [0.2, 0.25) is 0 Å². The number of carbonyl (C=O) groups excluding carboxylic acids is 1. The monoisotopic (exact) mass is 291 g/mol. The summed E-state index contributed by atoms with van der Waals surface area (Å²) in [5.74, 6) is 1.07. The Morgan fingerprint density at radius 2 is 2.19 bits per heavy atom. The van der Waals surface area contributed by atoms with E-state index in [0.717, 1.165) is 17.9 Å². The first-order valence-electron chi connectivity index (χ1n) is 6.96. The Kier molecular flexibility index (Phi) is 4.18. The lowest BCUT2D eigenvalue weighted by atomic mass is 9.96. The van der Waals surface area contributed by atoms with Gasteiger partial charge in [-0.2, -0.15) is 5.10 Å². The van der Waals surface area contributed by atoms with E-state index in [2.05, 4.69) is 15.5 Å². The number of nitrogens with zero attached hydrogens (tertiary/aromatic N) is 1. The van der Waals surface area contributed by atoms with E-state index in [9.17, 15) is 9.90 Å². The van der Waals surface area contributed by atoms with Crippen LogP contribution in [0.1, 0.15) is 47.1 Å². The highest BCUT2D eigenvalue weighted by Crippen LogP contribution is 2.26. The van der Waals surface area contributed by atoms with Crippen LogP contribution in [0, 0.1) is 13.8 Å². The Bertz CT molecular complexity index is 640. The van der Waals surface area contributed by atoms with Crippen LogP contribution >= 0.6 is 0 Å². The Labute approximate surface area is 123 Å². The largest absolute Gasteiger partial charge is 0.466 e. The molecule has 1 unspecified atom stereocenters. The van der Waals surface area contributed by atoms with Crippen LogP contribution < -0.4 is 5.32 Å². The fraction of sp³-hybridized carbons (Fsp3) is 0.467. The number of amides is 1. The highest BCUT2D eigenvalue weighted by molar-refractivity contribution is 5.92. The van der Waals surface area contributed by atoms with Gasteiger partial charge < -0.3 is 14.8 Å². The van der Waals surface area contributed by atoms with Crippen molar-refractivity contribution < 1.29 is 14.3 Å². The molecule has 2 aromatic heterocycles. The molecule has 1 atom stereocenters. The van der Waals surface area contributed by atoms with Crippen molar-refractivity contribution in [2.75, 3.05) is 6.54 Å². The molecule has 3 N–H and O–H groups in total. The number of aryl methyl sites for hydroxylation is 3. The second kappa shape index (κ2) is 5.73. The van der Waals surface area contributed by atoms with Crippen molar-refractivity contribution >= 4 is 5.91 Å². The summed E-state index contributed by atoms with van der Waals surface area (Å²) in [5.41, 5.74) is 0.703. The van der Waals surface area contributed by atoms with Crippen LogP contribution in [0.15, 0.2) is 16.5 Å². The van der Waals surface area contributed by atoms with E-state index < -0.39 is 5.60 Å². The van der Waals surface area contributed by atoms with Gasteiger partial charge in [-0.25, -0.2) is 0 Å². The number of rotatable bonds is 5. The maximum Gasteiger partial charge on any atom is 0.271 e. The fourth-order valence-corrected chi connectivity index (χ4v) is 2.26. The molecule has 114 valence electrons. The fourth-order valence-electron chi connectivity index (χ4n) is 2.26. The van der Waals surface area contributed by atoms with Gasteiger partial charge >= 0.3 is 0 Å². The highest BCUT2D eigenvalue weighted by Gasteiger charge is 2.28. The van der Waals surface area contributed by atoms with E-state index >= 15 is 0 Å². The van der Waals surface area contributed by atoms with Crippen molar-refractivity contribution in [2.24, 2.45) is 0 Å². The molecule has 0 aliphatic carbocycles. The molecule has 6 heteroatoms. The molecule has 0 fully saturated rings. The summed E-state index contributed by atoms with van der Waals surface area (Å²) >= 11 is 0. The molecule has 0 aliphatic heterocycles. The van der Waals surface area contributed by atoms with Crippen molar-refractivity contribution in [3.63, 3.8) is 0 Å². The number of hydrogen-bond acceptors (Lipinski definition) is 4. The molecular formula is C15H21N3O3. The summed E-state index contributed by atoms with van der Waals surface area (Å²) in [6.45, 7) is 7.32. The van der Waals surface area contributed by atoms with Crippen LogP contribution in [0.3, 0.4) is 0 Å². The predicted octanol–water partition coefficient (Wildman–Crippen LogP) is 1.82. The van der Waals surface area contributed by atoms with Crippen LogP contribution in [-0.2, 0) is 12.0 Å². The number of aliphatic hydroxyl groups is 1. The quantitative estimate of drug-likeness (QED) is 0.783. The van der Waals surface area contributed by atoms with Crippen molar-refractivity contribution in [1.29, 1.82) is 0 Å². The molecular weight excluding hydrogens is 270 g/mol. The van der Waals surface area contributed by atoms with Gasteiger partial charge in [0.25, 0.3) is 5.91 Å². The second-order valence-electron chi connectivity index (χ2n) is 5.42. The zero-order valence-electron chi connectivity index (χ0n) is 12.8. The van der Waals surface area contributed by atoms with Crippen molar-refractivity contribution in [3.8, 4) is 0 Å². The van der Waals surface area contributed by atoms with E-state index in [1.165, 1.54) is 0 Å². The summed E-state index contributed by atoms with van der Waals surface area (Å²) in [6.07, 6.45) is 0.783. The second-order valence-corrected chi connectivity index (χ2v) is 5.42. The van der Waals surface area contributed by atoms with Crippen LogP contribution in [-0.4, -0.2) is 27.8 Å². The number of aromatic nitrogens is 2. The smallest absolute Gasteiger partial charge is 0.271 e. The third kappa shape index (κ3) is 3.33. The average Bonchev–Trinajstić information content (AvgIpc) is 3.02. The number of furan rings is 1. The number of nitrogens with one attached hydrogen (secondary N) is 2. The Morgan fingerprint density at radius 1 is 1.48 bits per heavy atom. The van der Waals surface area contributed by atoms with E-state index in [1.54, 1.807) is 26.0 Å². The summed E-state index contributed by atoms with van der Waals surface area (Å²) in [6, 6.07) is 3.49. The maximum absolute atomic E-state index is 12.0. The van der Waals surface area contributed by atoms with Gasteiger partial charge in [0.15, 0.2) is 0 Å². The van der Waals surface area contributed by atoms with E-state index in [-0.39, 0.29) is 12.5 Å². The standard InChI is InChI=1S/C15H21N3O3/c1-5-11-7-13(18-17-11)14(19)16-8-15(4,20)12-6-9(2)21-10(12)3/h6-7,20H,5,8H2,1-4H3,(H,16,19)(H,17,18). The third-order valence-electron chi connectivity index (χ3n) is 3.46. The zero-order valence-corrected chi connectivity index (χ0v) is 12.8. The van der Waals surface area contributed by atoms with E-state index in [0.29, 0.717) is 17.0 Å². The molecule has 0 saturated carbocycles. The van der Waals surface area contributed by atoms with Crippen LogP contribution in [0.4, 0.5) is 0 Å². The summed E-state index contributed by atoms with van der Waals surface area (Å²) in [5, 5.41) is 20.0. The third-order valence-corrected chi connectivity index (χ3v) is 3.46. The van der Waals surface area contributed by atoms with Crippen LogP contribution in [0.5, 0.6) is 0 Å². The van der Waals surface area contributed by atoms with Crippen molar-refractivity contribution in [1.82, 2.24) is 15.5 Å². The summed E-state index contributed by atoms with van der Waals surface area (Å²) < 4.78 is 5.42. The first-order chi connectivity index (χ1) is 9.83. The SMILES string of the molecule is CCc1cc(C(=O)NCC(C)(O)c2cc(C)oc2C)n[nH]1. The van der Waals surface area contributed by atoms with E-state index in [4.69, 9.17) is 4.42 Å². The van der Waals surface area contributed by atoms with Crippen LogP contribution in [0.25, 0.3) is 0 Å². The molecule has 6 nitrogen and oxygen atoms in total. The van der Waals surface area contributed by atoms with Gasteiger partial charge in [-0.1, -0.05) is 6.92 Å². The Hall–Kier alpha value is -2.08. The summed E-state index contributed by atoms with van der Waals surface area (Å²) in [4.78, 5) is 12.0. The first kappa shape index (κ1) is 15.3. The average molecular weight is 291 g/mol. The lowest BCUT2D eigenvalue weighted by Crippen LogP contribution is -2.38. The van der Waals surface area contributed by atoms with Gasteiger partial charge in [-0.15, -0.1) is 0 Å². The molecule has 2 aromatic rings. The molecule has 1 amide bonds. The minimum atomic E-state index is -1.19. The first-order valence-corrected chi connectivity index (χ1v) is 6.96. The van der Waals surface area contributed by atoms with Gasteiger partial charge in [0.05, 0.1) is 6.54 Å². The van der Waals surface area contributed by atoms with Crippen molar-refractivity contribution in [3.05, 3.63) is 40.6 Å². The normalized spacial score (nSPS) is 14.0. The molecule has 2 heterocycles. The molecule has 0 spiro atoms. The summed E-state index contributed by atoms with van der Waals surface area (Å²) in [7, 11) is 0. The number of aromatic amines is 1. The molecule has 2 rings (SSSR count). The minimum Gasteiger partial charge on any atom is -0.466 e.